The maximum Gasteiger partial charge on any atom is 0.199 e. The molecule has 3 nitrogen and oxygen atoms in total. The number of hydrogen-bond donors (Lipinski definition) is 0. The summed E-state index contributed by atoms with van der Waals surface area (Å²) in [6.45, 7) is 6.51. The SMILES string of the molecule is Cc1ccc(N(c2ccc(C)cc2C)c2cccc3c2[B]c2ccc(N(c4ccccc4)c4ccccc4)cc2N3c2ccccc2)cc1. The minimum absolute atomic E-state index is 1.10. The van der Waals surface area contributed by atoms with Crippen LogP contribution in [0, 0.1) is 20.8 Å². The lowest BCUT2D eigenvalue weighted by Crippen LogP contribution is -2.42. The first-order valence-electron chi connectivity index (χ1n) is 16.9. The fourth-order valence-electron chi connectivity index (χ4n) is 6.97. The van der Waals surface area contributed by atoms with Crippen LogP contribution in [0.1, 0.15) is 16.7 Å². The zero-order valence-electron chi connectivity index (χ0n) is 28.1. The van der Waals surface area contributed by atoms with E-state index in [4.69, 9.17) is 0 Å². The molecular formula is C45H37BN3. The van der Waals surface area contributed by atoms with Crippen LogP contribution in [0.25, 0.3) is 0 Å². The molecule has 0 bridgehead atoms. The first-order chi connectivity index (χ1) is 24.0. The van der Waals surface area contributed by atoms with Crippen LogP contribution in [0.2, 0.25) is 0 Å². The van der Waals surface area contributed by atoms with Crippen molar-refractivity contribution in [1.29, 1.82) is 0 Å². The second kappa shape index (κ2) is 12.9. The van der Waals surface area contributed by atoms with Gasteiger partial charge in [0.05, 0.1) is 0 Å². The molecule has 49 heavy (non-hydrogen) atoms. The number of nitrogens with zero attached hydrogens (tertiary/aromatic N) is 3. The smallest absolute Gasteiger partial charge is 0.199 e. The van der Waals surface area contributed by atoms with Crippen molar-refractivity contribution in [3.63, 3.8) is 0 Å². The van der Waals surface area contributed by atoms with Crippen LogP contribution in [0.3, 0.4) is 0 Å². The third-order valence-corrected chi connectivity index (χ3v) is 9.28. The predicted molar refractivity (Wildman–Crippen MR) is 210 cm³/mol. The van der Waals surface area contributed by atoms with Crippen molar-refractivity contribution in [2.45, 2.75) is 20.8 Å². The molecule has 0 saturated heterocycles. The van der Waals surface area contributed by atoms with Crippen molar-refractivity contribution < 1.29 is 0 Å². The molecule has 0 atom stereocenters. The van der Waals surface area contributed by atoms with E-state index in [9.17, 15) is 0 Å². The van der Waals surface area contributed by atoms with Crippen molar-refractivity contribution in [1.82, 2.24) is 0 Å². The van der Waals surface area contributed by atoms with Gasteiger partial charge in [0.25, 0.3) is 0 Å². The van der Waals surface area contributed by atoms with E-state index in [1.807, 2.05) is 0 Å². The van der Waals surface area contributed by atoms with Crippen molar-refractivity contribution in [2.24, 2.45) is 0 Å². The minimum atomic E-state index is 1.10. The third-order valence-electron chi connectivity index (χ3n) is 9.28. The molecule has 4 heteroatoms. The van der Waals surface area contributed by atoms with E-state index in [0.29, 0.717) is 0 Å². The van der Waals surface area contributed by atoms with Gasteiger partial charge in [0, 0.05) is 51.2 Å². The average Bonchev–Trinajstić information content (AvgIpc) is 3.14. The van der Waals surface area contributed by atoms with Crippen LogP contribution in [-0.4, -0.2) is 7.28 Å². The molecule has 7 aromatic carbocycles. The monoisotopic (exact) mass is 630 g/mol. The van der Waals surface area contributed by atoms with E-state index < -0.39 is 0 Å². The number of aryl methyl sites for hydroxylation is 3. The Kier molecular flexibility index (Phi) is 7.99. The second-order valence-corrected chi connectivity index (χ2v) is 12.7. The molecule has 0 aromatic heterocycles. The van der Waals surface area contributed by atoms with E-state index in [2.05, 4.69) is 213 Å². The molecule has 0 aliphatic carbocycles. The summed E-state index contributed by atoms with van der Waals surface area (Å²) in [5.41, 5.74) is 16.2. The van der Waals surface area contributed by atoms with Crippen LogP contribution >= 0.6 is 0 Å². The summed E-state index contributed by atoms with van der Waals surface area (Å²) in [4.78, 5) is 7.16. The molecule has 0 unspecified atom stereocenters. The van der Waals surface area contributed by atoms with E-state index >= 15 is 0 Å². The molecule has 8 rings (SSSR count). The zero-order valence-corrected chi connectivity index (χ0v) is 28.1. The molecule has 1 radical (unpaired) electrons. The third kappa shape index (κ3) is 5.76. The van der Waals surface area contributed by atoms with Crippen LogP contribution in [0.4, 0.5) is 51.2 Å². The summed E-state index contributed by atoms with van der Waals surface area (Å²) in [6, 6.07) is 61.1. The average molecular weight is 631 g/mol. The quantitative estimate of drug-likeness (QED) is 0.162. The highest BCUT2D eigenvalue weighted by Crippen LogP contribution is 2.43. The fourth-order valence-corrected chi connectivity index (χ4v) is 6.97. The zero-order chi connectivity index (χ0) is 33.3. The van der Waals surface area contributed by atoms with Crippen LogP contribution in [-0.2, 0) is 0 Å². The van der Waals surface area contributed by atoms with Crippen molar-refractivity contribution in [2.75, 3.05) is 14.7 Å². The Hall–Kier alpha value is -6.00. The maximum absolute atomic E-state index is 2.42. The summed E-state index contributed by atoms with van der Waals surface area (Å²) < 4.78 is 0. The van der Waals surface area contributed by atoms with Crippen LogP contribution in [0.5, 0.6) is 0 Å². The van der Waals surface area contributed by atoms with Gasteiger partial charge in [-0.25, -0.2) is 0 Å². The van der Waals surface area contributed by atoms with Crippen molar-refractivity contribution in [3.8, 4) is 0 Å². The Balaban J connectivity index is 1.33. The van der Waals surface area contributed by atoms with Gasteiger partial charge in [0.2, 0.25) is 0 Å². The molecule has 1 aliphatic heterocycles. The number of fused-ring (bicyclic) bond motifs is 2. The largest absolute Gasteiger partial charge is 0.311 e. The standard InChI is InChI=1S/C45H37BN3/c1-32-22-25-38(26-23-32)48(41-29-24-33(2)30-34(41)3)42-20-13-21-43-45(42)46-40-28-27-39(31-44(40)49(43)37-18-11-6-12-19-37)47(35-14-7-4-8-15-35)36-16-9-5-10-17-36/h4-31H,1-3H3. The van der Waals surface area contributed by atoms with Gasteiger partial charge < -0.3 is 14.7 Å². The van der Waals surface area contributed by atoms with Gasteiger partial charge in [0.15, 0.2) is 7.28 Å². The molecule has 0 spiro atoms. The number of para-hydroxylation sites is 3. The van der Waals surface area contributed by atoms with Crippen molar-refractivity contribution >= 4 is 69.4 Å². The summed E-state index contributed by atoms with van der Waals surface area (Å²) >= 11 is 0. The Bertz CT molecular complexity index is 2190. The molecule has 1 aliphatic rings. The highest BCUT2D eigenvalue weighted by Gasteiger charge is 2.30. The summed E-state index contributed by atoms with van der Waals surface area (Å²) in [5.74, 6) is 0. The summed E-state index contributed by atoms with van der Waals surface area (Å²) in [7, 11) is 2.36. The molecular weight excluding hydrogens is 593 g/mol. The van der Waals surface area contributed by atoms with Crippen LogP contribution < -0.4 is 25.6 Å². The Labute approximate surface area is 290 Å². The van der Waals surface area contributed by atoms with E-state index in [1.54, 1.807) is 0 Å². The Morgan fingerprint density at radius 3 is 1.67 bits per heavy atom. The van der Waals surface area contributed by atoms with Gasteiger partial charge in [-0.2, -0.15) is 0 Å². The molecule has 0 N–H and O–H groups in total. The first kappa shape index (κ1) is 30.3. The van der Waals surface area contributed by atoms with Gasteiger partial charge in [-0.1, -0.05) is 108 Å². The van der Waals surface area contributed by atoms with Gasteiger partial charge in [-0.15, -0.1) is 0 Å². The first-order valence-corrected chi connectivity index (χ1v) is 16.9. The highest BCUT2D eigenvalue weighted by molar-refractivity contribution is 6.73. The Morgan fingerprint density at radius 2 is 1.02 bits per heavy atom. The molecule has 0 saturated carbocycles. The number of benzene rings is 7. The van der Waals surface area contributed by atoms with Crippen molar-refractivity contribution in [3.05, 3.63) is 187 Å². The van der Waals surface area contributed by atoms with Gasteiger partial charge >= 0.3 is 0 Å². The van der Waals surface area contributed by atoms with Crippen LogP contribution in [0.15, 0.2) is 170 Å². The fraction of sp³-hybridized carbons (Fsp3) is 0.0667. The minimum Gasteiger partial charge on any atom is -0.311 e. The molecule has 235 valence electrons. The maximum atomic E-state index is 2.42. The lowest BCUT2D eigenvalue weighted by molar-refractivity contribution is 1.23. The normalized spacial score (nSPS) is 11.7. The van der Waals surface area contributed by atoms with E-state index in [1.165, 1.54) is 27.8 Å². The predicted octanol–water partition coefficient (Wildman–Crippen LogP) is 11.0. The molecule has 0 fully saturated rings. The van der Waals surface area contributed by atoms with Gasteiger partial charge in [0.1, 0.15) is 0 Å². The Morgan fingerprint density at radius 1 is 0.429 bits per heavy atom. The number of hydrogen-bond acceptors (Lipinski definition) is 3. The number of anilines is 9. The lowest BCUT2D eigenvalue weighted by atomic mass is 9.59. The van der Waals surface area contributed by atoms with Gasteiger partial charge in [-0.05, 0) is 111 Å². The molecule has 0 amide bonds. The highest BCUT2D eigenvalue weighted by atomic mass is 15.2. The molecule has 7 aromatic rings. The van der Waals surface area contributed by atoms with E-state index in [0.717, 1.165) is 51.0 Å². The number of rotatable bonds is 7. The van der Waals surface area contributed by atoms with E-state index in [-0.39, 0.29) is 0 Å². The topological polar surface area (TPSA) is 9.72 Å². The summed E-state index contributed by atoms with van der Waals surface area (Å²) in [5, 5.41) is 0. The molecule has 1 heterocycles. The van der Waals surface area contributed by atoms with Gasteiger partial charge in [-0.3, -0.25) is 0 Å². The lowest BCUT2D eigenvalue weighted by Gasteiger charge is -2.38. The second-order valence-electron chi connectivity index (χ2n) is 12.7. The summed E-state index contributed by atoms with van der Waals surface area (Å²) in [6.07, 6.45) is 0.